The number of urea groups is 1. The van der Waals surface area contributed by atoms with Gasteiger partial charge in [0.2, 0.25) is 0 Å². The molecule has 2 heterocycles. The number of halogens is 1. The molecule has 4 aromatic rings. The van der Waals surface area contributed by atoms with Gasteiger partial charge >= 0.3 is 6.03 Å². The van der Waals surface area contributed by atoms with Crippen LogP contribution >= 0.6 is 0 Å². The Balaban J connectivity index is 1.60. The maximum atomic E-state index is 13.3. The number of hydrogen-bond donors (Lipinski definition) is 3. The van der Waals surface area contributed by atoms with E-state index in [0.29, 0.717) is 28.0 Å². The van der Waals surface area contributed by atoms with Crippen molar-refractivity contribution in [3.05, 3.63) is 83.6 Å². The van der Waals surface area contributed by atoms with Crippen molar-refractivity contribution in [2.45, 2.75) is 19.8 Å². The molecule has 0 atom stereocenters. The van der Waals surface area contributed by atoms with E-state index in [2.05, 4.69) is 20.7 Å². The molecule has 2 amide bonds. The normalized spacial score (nSPS) is 11.0. The summed E-state index contributed by atoms with van der Waals surface area (Å²) >= 11 is 0. The second-order valence-electron chi connectivity index (χ2n) is 7.54. The zero-order chi connectivity index (χ0) is 22.8. The Morgan fingerprint density at radius 1 is 1.03 bits per heavy atom. The van der Waals surface area contributed by atoms with Gasteiger partial charge in [-0.2, -0.15) is 5.10 Å². The molecule has 9 heteroatoms. The topological polar surface area (TPSA) is 114 Å². The van der Waals surface area contributed by atoms with Crippen LogP contribution in [0.1, 0.15) is 41.4 Å². The number of ketones is 1. The van der Waals surface area contributed by atoms with Gasteiger partial charge in [-0.3, -0.25) is 4.79 Å². The number of nitrogen functional groups attached to an aromatic ring is 1. The number of aromatic nitrogens is 3. The zero-order valence-corrected chi connectivity index (χ0v) is 17.5. The zero-order valence-electron chi connectivity index (χ0n) is 17.5. The van der Waals surface area contributed by atoms with E-state index < -0.39 is 11.8 Å². The van der Waals surface area contributed by atoms with Crippen molar-refractivity contribution in [2.24, 2.45) is 0 Å². The maximum Gasteiger partial charge on any atom is 0.323 e. The first-order valence-corrected chi connectivity index (χ1v) is 9.94. The lowest BCUT2D eigenvalue weighted by atomic mass is 10.0. The Morgan fingerprint density at radius 3 is 2.47 bits per heavy atom. The largest absolute Gasteiger partial charge is 0.382 e. The quantitative estimate of drug-likeness (QED) is 0.403. The van der Waals surface area contributed by atoms with Crippen molar-refractivity contribution in [2.75, 3.05) is 16.4 Å². The van der Waals surface area contributed by atoms with Crippen LogP contribution in [0.5, 0.6) is 0 Å². The highest BCUT2D eigenvalue weighted by Gasteiger charge is 2.22. The van der Waals surface area contributed by atoms with Gasteiger partial charge in [0.1, 0.15) is 17.7 Å². The van der Waals surface area contributed by atoms with Crippen LogP contribution in [0.3, 0.4) is 0 Å². The second-order valence-corrected chi connectivity index (χ2v) is 7.54. The van der Waals surface area contributed by atoms with E-state index in [1.165, 1.54) is 30.6 Å². The summed E-state index contributed by atoms with van der Waals surface area (Å²) in [5, 5.41) is 9.53. The standard InChI is InChI=1S/C23H21FN6O2/c1-13(2)19-11-18(20-22(25)26-12-27-30(19)20)21(31)14-4-3-5-17(10-14)29-23(32)28-16-8-6-15(24)7-9-16/h3-13H,1-2H3,(H2,25,26,27)(H2,28,29,32). The van der Waals surface area contributed by atoms with Crippen LogP contribution in [0.15, 0.2) is 60.9 Å². The lowest BCUT2D eigenvalue weighted by Gasteiger charge is -2.09. The van der Waals surface area contributed by atoms with Crippen molar-refractivity contribution in [1.29, 1.82) is 0 Å². The molecule has 162 valence electrons. The Labute approximate surface area is 183 Å². The van der Waals surface area contributed by atoms with Crippen LogP contribution < -0.4 is 16.4 Å². The first-order valence-electron chi connectivity index (χ1n) is 9.94. The summed E-state index contributed by atoms with van der Waals surface area (Å²) in [6.07, 6.45) is 1.35. The third kappa shape index (κ3) is 4.13. The minimum atomic E-state index is -0.518. The lowest BCUT2D eigenvalue weighted by Crippen LogP contribution is -2.19. The molecule has 0 spiro atoms. The van der Waals surface area contributed by atoms with E-state index in [9.17, 15) is 14.0 Å². The van der Waals surface area contributed by atoms with E-state index >= 15 is 0 Å². The molecule has 0 bridgehead atoms. The molecule has 2 aromatic carbocycles. The molecule has 0 aliphatic carbocycles. The summed E-state index contributed by atoms with van der Waals surface area (Å²) in [7, 11) is 0. The molecule has 0 aliphatic rings. The molecule has 0 saturated heterocycles. The van der Waals surface area contributed by atoms with Gasteiger partial charge in [-0.15, -0.1) is 0 Å². The monoisotopic (exact) mass is 432 g/mol. The Bertz CT molecular complexity index is 1310. The van der Waals surface area contributed by atoms with Crippen molar-refractivity contribution in [1.82, 2.24) is 14.6 Å². The molecule has 0 radical (unpaired) electrons. The molecule has 2 aromatic heterocycles. The van der Waals surface area contributed by atoms with E-state index in [1.54, 1.807) is 34.8 Å². The average molecular weight is 432 g/mol. The van der Waals surface area contributed by atoms with Gasteiger partial charge in [-0.1, -0.05) is 26.0 Å². The van der Waals surface area contributed by atoms with E-state index in [-0.39, 0.29) is 17.5 Å². The molecule has 8 nitrogen and oxygen atoms in total. The fourth-order valence-corrected chi connectivity index (χ4v) is 3.40. The predicted molar refractivity (Wildman–Crippen MR) is 120 cm³/mol. The molecule has 0 saturated carbocycles. The second kappa shape index (κ2) is 8.46. The summed E-state index contributed by atoms with van der Waals surface area (Å²) in [5.74, 6) is -0.338. The van der Waals surface area contributed by atoms with Gasteiger partial charge in [-0.25, -0.2) is 18.7 Å². The number of benzene rings is 2. The van der Waals surface area contributed by atoms with E-state index in [1.807, 2.05) is 13.8 Å². The number of rotatable bonds is 5. The van der Waals surface area contributed by atoms with Crippen LogP contribution in [-0.2, 0) is 0 Å². The Morgan fingerprint density at radius 2 is 1.75 bits per heavy atom. The number of nitrogens with two attached hydrogens (primary N) is 1. The van der Waals surface area contributed by atoms with Gasteiger partial charge in [0.15, 0.2) is 11.6 Å². The molecule has 0 unspecified atom stereocenters. The van der Waals surface area contributed by atoms with E-state index in [4.69, 9.17) is 5.73 Å². The van der Waals surface area contributed by atoms with Crippen LogP contribution in [0, 0.1) is 5.82 Å². The van der Waals surface area contributed by atoms with Crippen LogP contribution in [0.25, 0.3) is 5.52 Å². The average Bonchev–Trinajstić information content (AvgIpc) is 3.16. The first-order chi connectivity index (χ1) is 15.3. The molecular weight excluding hydrogens is 411 g/mol. The third-order valence-corrected chi connectivity index (χ3v) is 4.93. The molecule has 0 fully saturated rings. The number of fused-ring (bicyclic) bond motifs is 1. The predicted octanol–water partition coefficient (Wildman–Crippen LogP) is 4.45. The van der Waals surface area contributed by atoms with Gasteiger partial charge in [0, 0.05) is 22.6 Å². The fraction of sp³-hybridized carbons (Fsp3) is 0.130. The van der Waals surface area contributed by atoms with Gasteiger partial charge < -0.3 is 16.4 Å². The highest BCUT2D eigenvalue weighted by atomic mass is 19.1. The van der Waals surface area contributed by atoms with Crippen molar-refractivity contribution in [3.8, 4) is 0 Å². The highest BCUT2D eigenvalue weighted by molar-refractivity contribution is 6.15. The molecule has 0 aliphatic heterocycles. The number of hydrogen-bond acceptors (Lipinski definition) is 5. The van der Waals surface area contributed by atoms with Gasteiger partial charge in [-0.05, 0) is 48.4 Å². The minimum absolute atomic E-state index is 0.113. The van der Waals surface area contributed by atoms with Crippen molar-refractivity contribution in [3.63, 3.8) is 0 Å². The smallest absolute Gasteiger partial charge is 0.323 e. The van der Waals surface area contributed by atoms with E-state index in [0.717, 1.165) is 5.69 Å². The van der Waals surface area contributed by atoms with Gasteiger partial charge in [0.05, 0.1) is 5.56 Å². The highest BCUT2D eigenvalue weighted by Crippen LogP contribution is 2.27. The Kier molecular flexibility index (Phi) is 5.55. The number of carbonyl (C=O) groups excluding carboxylic acids is 2. The molecule has 4 rings (SSSR count). The van der Waals surface area contributed by atoms with Crippen molar-refractivity contribution < 1.29 is 14.0 Å². The molecule has 32 heavy (non-hydrogen) atoms. The maximum absolute atomic E-state index is 13.3. The SMILES string of the molecule is CC(C)c1cc(C(=O)c2cccc(NC(=O)Nc3ccc(F)cc3)c2)c2c(N)ncnn12. The minimum Gasteiger partial charge on any atom is -0.382 e. The number of nitrogens with zero attached hydrogens (tertiary/aromatic N) is 3. The fourth-order valence-electron chi connectivity index (χ4n) is 3.40. The summed E-state index contributed by atoms with van der Waals surface area (Å²) in [4.78, 5) is 29.6. The summed E-state index contributed by atoms with van der Waals surface area (Å²) < 4.78 is 14.7. The number of nitrogens with one attached hydrogen (secondary N) is 2. The molecular formula is C23H21FN6O2. The molecule has 4 N–H and O–H groups in total. The number of carbonyl (C=O) groups is 2. The lowest BCUT2D eigenvalue weighted by molar-refractivity contribution is 0.104. The number of amides is 2. The van der Waals surface area contributed by atoms with Gasteiger partial charge in [0.25, 0.3) is 0 Å². The summed E-state index contributed by atoms with van der Waals surface area (Å²) in [5.41, 5.74) is 8.96. The van der Waals surface area contributed by atoms with Crippen LogP contribution in [-0.4, -0.2) is 26.4 Å². The first kappa shape index (κ1) is 21.0. The third-order valence-electron chi connectivity index (χ3n) is 4.93. The van der Waals surface area contributed by atoms with Crippen LogP contribution in [0.2, 0.25) is 0 Å². The Hall–Kier alpha value is -4.27. The number of anilines is 3. The summed E-state index contributed by atoms with van der Waals surface area (Å²) in [6, 6.07) is 13.2. The van der Waals surface area contributed by atoms with Crippen molar-refractivity contribution >= 4 is 34.5 Å². The van der Waals surface area contributed by atoms with Crippen LogP contribution in [0.4, 0.5) is 26.4 Å². The summed E-state index contributed by atoms with van der Waals surface area (Å²) in [6.45, 7) is 4.00.